The molecular weight excluding hydrogens is 891 g/mol. The van der Waals surface area contributed by atoms with Crippen LogP contribution in [0.2, 0.25) is 0 Å². The van der Waals surface area contributed by atoms with Crippen LogP contribution in [0, 0.1) is 0 Å². The number of rotatable bonds is 11. The zero-order chi connectivity index (χ0) is 48.5. The van der Waals surface area contributed by atoms with Crippen molar-refractivity contribution >= 4 is 33.3 Å². The summed E-state index contributed by atoms with van der Waals surface area (Å²) in [4.78, 5) is 10.6. The molecule has 0 bridgehead atoms. The van der Waals surface area contributed by atoms with Crippen molar-refractivity contribution < 1.29 is 0 Å². The third-order valence-corrected chi connectivity index (χ3v) is 13.5. The van der Waals surface area contributed by atoms with Gasteiger partial charge in [-0.15, -0.1) is 10.2 Å². The Hall–Kier alpha value is -9.98. The highest BCUT2D eigenvalue weighted by molar-refractivity contribution is 6.10. The second-order valence-corrected chi connectivity index (χ2v) is 18.0. The lowest BCUT2D eigenvalue weighted by atomic mass is 9.96. The number of nitrogens with one attached hydrogen (secondary N) is 1. The minimum Gasteiger partial charge on any atom is -0.340 e. The average molecular weight is 936 g/mol. The molecule has 4 aromatic heterocycles. The Labute approximate surface area is 423 Å². The molecule has 0 spiro atoms. The maximum atomic E-state index is 5.37. The van der Waals surface area contributed by atoms with E-state index >= 15 is 0 Å². The van der Waals surface area contributed by atoms with Gasteiger partial charge in [-0.2, -0.15) is 0 Å². The molecule has 73 heavy (non-hydrogen) atoms. The first-order valence-corrected chi connectivity index (χ1v) is 24.5. The van der Waals surface area contributed by atoms with Crippen molar-refractivity contribution in [2.24, 2.45) is 0 Å². The zero-order valence-corrected chi connectivity index (χ0v) is 39.6. The van der Waals surface area contributed by atoms with Gasteiger partial charge in [-0.3, -0.25) is 9.13 Å². The Morgan fingerprint density at radius 1 is 0.315 bits per heavy atom. The molecule has 0 aliphatic rings. The summed E-state index contributed by atoms with van der Waals surface area (Å²) in [6, 6.07) is 92.8. The molecule has 0 unspecified atom stereocenters. The lowest BCUT2D eigenvalue weighted by Crippen LogP contribution is -2.03. The van der Waals surface area contributed by atoms with Gasteiger partial charge >= 0.3 is 0 Å². The van der Waals surface area contributed by atoms with Crippen molar-refractivity contribution in [2.45, 2.75) is 0 Å². The molecule has 0 saturated carbocycles. The van der Waals surface area contributed by atoms with Crippen LogP contribution < -0.4 is 5.32 Å². The monoisotopic (exact) mass is 935 g/mol. The fourth-order valence-electron chi connectivity index (χ4n) is 10.1. The van der Waals surface area contributed by atoms with E-state index in [4.69, 9.17) is 20.2 Å². The zero-order valence-electron chi connectivity index (χ0n) is 39.6. The van der Waals surface area contributed by atoms with E-state index in [0.717, 1.165) is 118 Å². The highest BCUT2D eigenvalue weighted by Crippen LogP contribution is 2.42. The fourth-order valence-corrected chi connectivity index (χ4v) is 10.1. The Morgan fingerprint density at radius 3 is 1.48 bits per heavy atom. The minimum absolute atomic E-state index is 0.706. The first-order chi connectivity index (χ1) is 36.2. The van der Waals surface area contributed by atoms with Gasteiger partial charge in [0.1, 0.15) is 11.6 Å². The number of hydrogen-bond acceptors (Lipinski definition) is 5. The molecule has 1 N–H and O–H groups in total. The second-order valence-electron chi connectivity index (χ2n) is 18.0. The van der Waals surface area contributed by atoms with Gasteiger partial charge in [0.2, 0.25) is 0 Å². The van der Waals surface area contributed by atoms with E-state index in [2.05, 4.69) is 251 Å². The number of para-hydroxylation sites is 2. The first kappa shape index (κ1) is 43.1. The van der Waals surface area contributed by atoms with Crippen molar-refractivity contribution in [3.05, 3.63) is 267 Å². The van der Waals surface area contributed by atoms with Crippen molar-refractivity contribution in [3.8, 4) is 90.2 Å². The lowest BCUT2D eigenvalue weighted by Gasteiger charge is -2.19. The van der Waals surface area contributed by atoms with Crippen LogP contribution >= 0.6 is 0 Å². The molecule has 344 valence electrons. The fraction of sp³-hybridized carbons (Fsp3) is 0. The van der Waals surface area contributed by atoms with Crippen molar-refractivity contribution in [3.63, 3.8) is 0 Å². The van der Waals surface area contributed by atoms with Crippen LogP contribution in [0.5, 0.6) is 0 Å². The molecule has 4 heterocycles. The SMILES string of the molecule is c1ccc(-c2cc(Nc3cccc(-c4nnc(-c5ccc6c(c5)c5ccccc5n6-c5cc(-c6ccccc6)cc(-c6ccccc6)n5)n4-c4ccccc4)c3-c3ccccc3)nc(-c3ccccc3)c2)cc1. The molecule has 0 amide bonds. The molecule has 0 aliphatic heterocycles. The van der Waals surface area contributed by atoms with Crippen LogP contribution in [0.15, 0.2) is 267 Å². The summed E-state index contributed by atoms with van der Waals surface area (Å²) in [5.74, 6) is 3.00. The molecule has 0 radical (unpaired) electrons. The van der Waals surface area contributed by atoms with Gasteiger partial charge in [0.25, 0.3) is 0 Å². The second kappa shape index (κ2) is 18.7. The molecule has 13 rings (SSSR count). The Kier molecular flexibility index (Phi) is 11.1. The summed E-state index contributed by atoms with van der Waals surface area (Å²) in [5, 5.41) is 16.2. The van der Waals surface area contributed by atoms with Gasteiger partial charge in [-0.05, 0) is 94.5 Å². The van der Waals surface area contributed by atoms with E-state index < -0.39 is 0 Å². The van der Waals surface area contributed by atoms with E-state index in [-0.39, 0.29) is 0 Å². The number of aromatic nitrogens is 6. The van der Waals surface area contributed by atoms with Gasteiger partial charge < -0.3 is 5.32 Å². The van der Waals surface area contributed by atoms with E-state index in [0.29, 0.717) is 5.82 Å². The molecule has 0 atom stereocenters. The standard InChI is InChI=1S/C66H45N7/c1-7-22-45(23-8-1)51-41-58(47-26-11-3-12-27-47)68-62(43-51)67-57-36-21-35-55(64(57)49-30-15-5-16-31-49)66-71-70-65(72(66)53-32-17-6-18-33-53)50-38-39-61-56(40-50)54-34-19-20-37-60(54)73(61)63-44-52(46-24-9-2-10-25-46)42-59(69-63)48-28-13-4-14-29-48/h1-44H,(H,67,68). The van der Waals surface area contributed by atoms with E-state index in [1.165, 1.54) is 0 Å². The largest absolute Gasteiger partial charge is 0.340 e. The lowest BCUT2D eigenvalue weighted by molar-refractivity contribution is 1.07. The Balaban J connectivity index is 0.976. The maximum Gasteiger partial charge on any atom is 0.169 e. The van der Waals surface area contributed by atoms with Crippen LogP contribution in [0.1, 0.15) is 0 Å². The number of anilines is 2. The van der Waals surface area contributed by atoms with Gasteiger partial charge in [0.05, 0.1) is 22.4 Å². The van der Waals surface area contributed by atoms with Crippen LogP contribution in [0.25, 0.3) is 112 Å². The van der Waals surface area contributed by atoms with Gasteiger partial charge in [0, 0.05) is 50.0 Å². The van der Waals surface area contributed by atoms with Gasteiger partial charge in [-0.25, -0.2) is 9.97 Å². The molecule has 7 nitrogen and oxygen atoms in total. The summed E-state index contributed by atoms with van der Waals surface area (Å²) >= 11 is 0. The predicted octanol–water partition coefficient (Wildman–Crippen LogP) is 16.6. The highest BCUT2D eigenvalue weighted by atomic mass is 15.3. The number of pyridine rings is 2. The number of hydrogen-bond donors (Lipinski definition) is 1. The van der Waals surface area contributed by atoms with E-state index in [1.807, 2.05) is 30.3 Å². The smallest absolute Gasteiger partial charge is 0.169 e. The topological polar surface area (TPSA) is 73.5 Å². The Morgan fingerprint density at radius 2 is 0.836 bits per heavy atom. The van der Waals surface area contributed by atoms with Crippen LogP contribution in [0.4, 0.5) is 11.5 Å². The first-order valence-electron chi connectivity index (χ1n) is 24.5. The normalized spacial score (nSPS) is 11.3. The number of nitrogens with zero attached hydrogens (tertiary/aromatic N) is 6. The number of fused-ring (bicyclic) bond motifs is 3. The van der Waals surface area contributed by atoms with Crippen molar-refractivity contribution in [1.82, 2.24) is 29.3 Å². The average Bonchev–Trinajstić information content (AvgIpc) is 4.06. The third-order valence-electron chi connectivity index (χ3n) is 13.5. The summed E-state index contributed by atoms with van der Waals surface area (Å²) in [6.07, 6.45) is 0. The van der Waals surface area contributed by atoms with E-state index in [1.54, 1.807) is 0 Å². The highest BCUT2D eigenvalue weighted by Gasteiger charge is 2.24. The third kappa shape index (κ3) is 8.20. The summed E-state index contributed by atoms with van der Waals surface area (Å²) in [7, 11) is 0. The number of benzene rings is 9. The molecule has 0 fully saturated rings. The predicted molar refractivity (Wildman–Crippen MR) is 299 cm³/mol. The Bertz CT molecular complexity index is 3960. The molecule has 0 saturated heterocycles. The molecule has 9 aromatic carbocycles. The summed E-state index contributed by atoms with van der Waals surface area (Å²) in [5.41, 5.74) is 16.1. The van der Waals surface area contributed by atoms with Crippen molar-refractivity contribution in [1.29, 1.82) is 0 Å². The van der Waals surface area contributed by atoms with Crippen LogP contribution in [0.3, 0.4) is 0 Å². The van der Waals surface area contributed by atoms with Crippen molar-refractivity contribution in [2.75, 3.05) is 5.32 Å². The summed E-state index contributed by atoms with van der Waals surface area (Å²) in [6.45, 7) is 0. The molecule has 7 heteroatoms. The molecule has 13 aromatic rings. The van der Waals surface area contributed by atoms with Crippen LogP contribution in [-0.4, -0.2) is 29.3 Å². The minimum atomic E-state index is 0.706. The molecule has 0 aliphatic carbocycles. The maximum absolute atomic E-state index is 5.37. The van der Waals surface area contributed by atoms with Crippen LogP contribution in [-0.2, 0) is 0 Å². The quantitative estimate of drug-likeness (QED) is 0.140. The van der Waals surface area contributed by atoms with E-state index in [9.17, 15) is 0 Å². The van der Waals surface area contributed by atoms with Gasteiger partial charge in [-0.1, -0.05) is 200 Å². The molecular formula is C66H45N7. The summed E-state index contributed by atoms with van der Waals surface area (Å²) < 4.78 is 4.48. The van der Waals surface area contributed by atoms with Gasteiger partial charge in [0.15, 0.2) is 11.6 Å².